The summed E-state index contributed by atoms with van der Waals surface area (Å²) in [4.78, 5) is 17.2. The van der Waals surface area contributed by atoms with Gasteiger partial charge in [0, 0.05) is 29.2 Å². The van der Waals surface area contributed by atoms with Crippen LogP contribution < -0.4 is 11.3 Å². The minimum Gasteiger partial charge on any atom is -0.326 e. The fourth-order valence-electron chi connectivity index (χ4n) is 3.45. The smallest absolute Gasteiger partial charge is 0.326 e. The Bertz CT molecular complexity index is 825. The van der Waals surface area contributed by atoms with E-state index >= 15 is 0 Å². The van der Waals surface area contributed by atoms with Crippen LogP contribution in [0.15, 0.2) is 35.3 Å². The van der Waals surface area contributed by atoms with Gasteiger partial charge in [0.2, 0.25) is 0 Å². The monoisotopic (exact) mass is 385 g/mol. The summed E-state index contributed by atoms with van der Waals surface area (Å²) >= 11 is 5.92. The highest BCUT2D eigenvalue weighted by Crippen LogP contribution is 2.42. The minimum atomic E-state index is -4.17. The zero-order chi connectivity index (χ0) is 18.9. The first kappa shape index (κ1) is 18.9. The number of aromatic nitrogens is 2. The number of nitrogens with two attached hydrogens (primary N) is 1. The van der Waals surface area contributed by atoms with Crippen molar-refractivity contribution in [3.8, 4) is 5.69 Å². The lowest BCUT2D eigenvalue weighted by molar-refractivity contribution is -0.182. The molecule has 1 fully saturated rings. The van der Waals surface area contributed by atoms with Crippen molar-refractivity contribution in [3.63, 3.8) is 0 Å². The molecule has 8 heteroatoms. The Morgan fingerprint density at radius 3 is 2.31 bits per heavy atom. The van der Waals surface area contributed by atoms with E-state index in [1.807, 2.05) is 0 Å². The number of benzene rings is 1. The van der Waals surface area contributed by atoms with Crippen molar-refractivity contribution in [1.29, 1.82) is 0 Å². The van der Waals surface area contributed by atoms with Gasteiger partial charge in [-0.25, -0.2) is 4.98 Å². The van der Waals surface area contributed by atoms with Crippen molar-refractivity contribution in [3.05, 3.63) is 57.2 Å². The van der Waals surface area contributed by atoms with Gasteiger partial charge in [0.05, 0.1) is 11.6 Å². The molecule has 1 heterocycles. The molecule has 1 saturated carbocycles. The molecule has 0 amide bonds. The van der Waals surface area contributed by atoms with Crippen LogP contribution in [-0.2, 0) is 6.54 Å². The molecule has 0 atom stereocenters. The summed E-state index contributed by atoms with van der Waals surface area (Å²) in [6, 6.07) is 6.69. The van der Waals surface area contributed by atoms with Crippen LogP contribution in [-0.4, -0.2) is 15.7 Å². The summed E-state index contributed by atoms with van der Waals surface area (Å²) in [5, 5.41) is 0.525. The lowest BCUT2D eigenvalue weighted by atomic mass is 9.81. The van der Waals surface area contributed by atoms with Gasteiger partial charge in [-0.15, -0.1) is 0 Å². The van der Waals surface area contributed by atoms with Gasteiger partial charge in [-0.2, -0.15) is 13.2 Å². The van der Waals surface area contributed by atoms with Crippen LogP contribution in [0.1, 0.15) is 43.0 Å². The molecular formula is C18H19ClF3N3O. The van der Waals surface area contributed by atoms with Gasteiger partial charge < -0.3 is 5.73 Å². The summed E-state index contributed by atoms with van der Waals surface area (Å²) in [6.45, 7) is 0.0422. The molecule has 0 radical (unpaired) electrons. The molecule has 1 aromatic carbocycles. The molecule has 4 nitrogen and oxygen atoms in total. The molecule has 3 rings (SSSR count). The molecule has 0 aliphatic heterocycles. The molecule has 1 aliphatic rings. The van der Waals surface area contributed by atoms with E-state index in [2.05, 4.69) is 4.98 Å². The van der Waals surface area contributed by atoms with E-state index in [1.54, 1.807) is 24.3 Å². The van der Waals surface area contributed by atoms with Crippen LogP contribution >= 0.6 is 11.6 Å². The average molecular weight is 386 g/mol. The largest absolute Gasteiger partial charge is 0.391 e. The number of halogens is 4. The Hall–Kier alpha value is -1.86. The minimum absolute atomic E-state index is 0.0422. The maximum Gasteiger partial charge on any atom is 0.391 e. The molecule has 2 N–H and O–H groups in total. The van der Waals surface area contributed by atoms with Gasteiger partial charge >= 0.3 is 6.18 Å². The number of hydrogen-bond acceptors (Lipinski definition) is 3. The Morgan fingerprint density at radius 2 is 1.77 bits per heavy atom. The van der Waals surface area contributed by atoms with Crippen LogP contribution in [0.2, 0.25) is 5.02 Å². The molecule has 26 heavy (non-hydrogen) atoms. The molecule has 2 aromatic rings. The average Bonchev–Trinajstić information content (AvgIpc) is 2.62. The zero-order valence-corrected chi connectivity index (χ0v) is 14.7. The third-order valence-electron chi connectivity index (χ3n) is 4.92. The fraction of sp³-hybridized carbons (Fsp3) is 0.444. The van der Waals surface area contributed by atoms with E-state index in [0.29, 0.717) is 34.9 Å². The van der Waals surface area contributed by atoms with Crippen LogP contribution in [0.3, 0.4) is 0 Å². The molecule has 1 aromatic heterocycles. The fourth-order valence-corrected chi connectivity index (χ4v) is 3.58. The predicted octanol–water partition coefficient (Wildman–Crippen LogP) is 4.18. The van der Waals surface area contributed by atoms with Crippen molar-refractivity contribution >= 4 is 11.6 Å². The van der Waals surface area contributed by atoms with Crippen molar-refractivity contribution in [2.24, 2.45) is 11.7 Å². The highest BCUT2D eigenvalue weighted by atomic mass is 35.5. The maximum absolute atomic E-state index is 12.9. The van der Waals surface area contributed by atoms with Crippen LogP contribution in [0, 0.1) is 5.92 Å². The topological polar surface area (TPSA) is 60.9 Å². The van der Waals surface area contributed by atoms with Gasteiger partial charge in [-0.3, -0.25) is 9.36 Å². The first-order valence-electron chi connectivity index (χ1n) is 8.44. The Kier molecular flexibility index (Phi) is 5.39. The summed E-state index contributed by atoms with van der Waals surface area (Å²) in [5.74, 6) is -1.00. The van der Waals surface area contributed by atoms with Crippen molar-refractivity contribution in [1.82, 2.24) is 9.55 Å². The predicted molar refractivity (Wildman–Crippen MR) is 93.5 cm³/mol. The van der Waals surface area contributed by atoms with Gasteiger partial charge in [0.15, 0.2) is 0 Å². The molecule has 0 bridgehead atoms. The normalized spacial score (nSPS) is 21.0. The molecular weight excluding hydrogens is 367 g/mol. The number of nitrogens with zero attached hydrogens (tertiary/aromatic N) is 2. The van der Waals surface area contributed by atoms with E-state index in [0.717, 1.165) is 0 Å². The zero-order valence-electron chi connectivity index (χ0n) is 14.0. The standard InChI is InChI=1S/C18H19ClF3N3O/c19-14-5-7-15(8-6-14)25-16(24-10-12(9-23)17(25)26)11-1-3-13(4-2-11)18(20,21)22/h5-8,10-11,13H,1-4,9,23H2. The summed E-state index contributed by atoms with van der Waals surface area (Å²) < 4.78 is 40.2. The summed E-state index contributed by atoms with van der Waals surface area (Å²) in [5.41, 5.74) is 6.26. The van der Waals surface area contributed by atoms with E-state index in [9.17, 15) is 18.0 Å². The molecule has 0 unspecified atom stereocenters. The number of hydrogen-bond donors (Lipinski definition) is 1. The SMILES string of the molecule is NCc1cnc(C2CCC(C(F)(F)F)CC2)n(-c2ccc(Cl)cc2)c1=O. The molecule has 0 spiro atoms. The third-order valence-corrected chi connectivity index (χ3v) is 5.17. The second kappa shape index (κ2) is 7.40. The van der Waals surface area contributed by atoms with Gasteiger partial charge in [0.1, 0.15) is 5.82 Å². The highest BCUT2D eigenvalue weighted by Gasteiger charge is 2.42. The van der Waals surface area contributed by atoms with Gasteiger partial charge in [0.25, 0.3) is 5.56 Å². The molecule has 140 valence electrons. The summed E-state index contributed by atoms with van der Waals surface area (Å²) in [6.07, 6.45) is -1.97. The number of alkyl halides is 3. The first-order valence-corrected chi connectivity index (χ1v) is 8.82. The first-order chi connectivity index (χ1) is 12.3. The second-order valence-electron chi connectivity index (χ2n) is 6.55. The van der Waals surface area contributed by atoms with Crippen LogP contribution in [0.5, 0.6) is 0 Å². The van der Waals surface area contributed by atoms with Crippen molar-refractivity contribution < 1.29 is 13.2 Å². The quantitative estimate of drug-likeness (QED) is 0.862. The highest BCUT2D eigenvalue weighted by molar-refractivity contribution is 6.30. The second-order valence-corrected chi connectivity index (χ2v) is 6.99. The van der Waals surface area contributed by atoms with E-state index in [-0.39, 0.29) is 30.9 Å². The molecule has 1 aliphatic carbocycles. The van der Waals surface area contributed by atoms with E-state index < -0.39 is 12.1 Å². The number of rotatable bonds is 3. The summed E-state index contributed by atoms with van der Waals surface area (Å²) in [7, 11) is 0. The molecule has 0 saturated heterocycles. The van der Waals surface area contributed by atoms with Crippen molar-refractivity contribution in [2.75, 3.05) is 0 Å². The van der Waals surface area contributed by atoms with E-state index in [4.69, 9.17) is 17.3 Å². The Morgan fingerprint density at radius 1 is 1.15 bits per heavy atom. The Balaban J connectivity index is 1.99. The maximum atomic E-state index is 12.9. The third kappa shape index (κ3) is 3.78. The van der Waals surface area contributed by atoms with Crippen molar-refractivity contribution in [2.45, 2.75) is 44.3 Å². The van der Waals surface area contributed by atoms with Crippen LogP contribution in [0.4, 0.5) is 13.2 Å². The lowest BCUT2D eigenvalue weighted by Crippen LogP contribution is -2.32. The van der Waals surface area contributed by atoms with Gasteiger partial charge in [-0.05, 0) is 49.9 Å². The Labute approximate surface area is 153 Å². The van der Waals surface area contributed by atoms with Crippen LogP contribution in [0.25, 0.3) is 5.69 Å². The van der Waals surface area contributed by atoms with E-state index in [1.165, 1.54) is 10.8 Å². The van der Waals surface area contributed by atoms with Gasteiger partial charge in [-0.1, -0.05) is 11.6 Å². The lowest BCUT2D eigenvalue weighted by Gasteiger charge is -2.30.